The zero-order chi connectivity index (χ0) is 13.4. The highest BCUT2D eigenvalue weighted by atomic mass is 127. The molecule has 0 aliphatic heterocycles. The van der Waals surface area contributed by atoms with E-state index in [9.17, 15) is 4.79 Å². The first kappa shape index (κ1) is 12.4. The minimum atomic E-state index is -0.292. The Morgan fingerprint density at radius 3 is 2.11 bits per heavy atom. The standard InChI is InChI=1S/C16H11IO2/c1-19-16(18)14-8-12-6-10-4-2-3-5-11(10)7-13(12)9-15(14)17/h2-9H,1H3. The third-order valence-electron chi connectivity index (χ3n) is 3.20. The molecule has 0 aliphatic rings. The van der Waals surface area contributed by atoms with Crippen molar-refractivity contribution in [1.29, 1.82) is 0 Å². The van der Waals surface area contributed by atoms with Crippen molar-refractivity contribution >= 4 is 50.1 Å². The molecule has 3 heteroatoms. The van der Waals surface area contributed by atoms with Gasteiger partial charge in [0.05, 0.1) is 12.7 Å². The summed E-state index contributed by atoms with van der Waals surface area (Å²) >= 11 is 2.17. The van der Waals surface area contributed by atoms with E-state index in [1.165, 1.54) is 17.9 Å². The van der Waals surface area contributed by atoms with E-state index in [1.807, 2.05) is 24.3 Å². The quantitative estimate of drug-likeness (QED) is 0.365. The Balaban J connectivity index is 2.33. The Hall–Kier alpha value is -1.62. The minimum absolute atomic E-state index is 0.292. The third kappa shape index (κ3) is 2.18. The van der Waals surface area contributed by atoms with E-state index < -0.39 is 0 Å². The van der Waals surface area contributed by atoms with Gasteiger partial charge >= 0.3 is 5.97 Å². The molecule has 0 N–H and O–H groups in total. The van der Waals surface area contributed by atoms with Gasteiger partial charge in [-0.3, -0.25) is 0 Å². The molecule has 3 rings (SSSR count). The molecule has 0 bridgehead atoms. The van der Waals surface area contributed by atoms with Crippen LogP contribution in [0.1, 0.15) is 10.4 Å². The molecule has 0 aliphatic carbocycles. The van der Waals surface area contributed by atoms with E-state index in [0.29, 0.717) is 5.56 Å². The number of carbonyl (C=O) groups excluding carboxylic acids is 1. The van der Waals surface area contributed by atoms with E-state index in [0.717, 1.165) is 14.3 Å². The van der Waals surface area contributed by atoms with Crippen LogP contribution in [-0.4, -0.2) is 13.1 Å². The Kier molecular flexibility index (Phi) is 3.14. The molecule has 3 aromatic rings. The molecule has 0 saturated heterocycles. The topological polar surface area (TPSA) is 26.3 Å². The maximum Gasteiger partial charge on any atom is 0.338 e. The second-order valence-electron chi connectivity index (χ2n) is 4.37. The van der Waals surface area contributed by atoms with Crippen molar-refractivity contribution in [3.05, 3.63) is 57.7 Å². The van der Waals surface area contributed by atoms with Gasteiger partial charge in [0.15, 0.2) is 0 Å². The zero-order valence-electron chi connectivity index (χ0n) is 10.3. The first-order chi connectivity index (χ1) is 9.19. The van der Waals surface area contributed by atoms with Gasteiger partial charge in [0, 0.05) is 3.57 Å². The van der Waals surface area contributed by atoms with Gasteiger partial charge in [-0.25, -0.2) is 4.79 Å². The van der Waals surface area contributed by atoms with Gasteiger partial charge in [-0.05, 0) is 68.4 Å². The van der Waals surface area contributed by atoms with Crippen LogP contribution in [0.4, 0.5) is 0 Å². The molecule has 3 aromatic carbocycles. The number of fused-ring (bicyclic) bond motifs is 2. The van der Waals surface area contributed by atoms with Gasteiger partial charge < -0.3 is 4.74 Å². The predicted molar refractivity (Wildman–Crippen MR) is 85.5 cm³/mol. The summed E-state index contributed by atoms with van der Waals surface area (Å²) in [6, 6.07) is 16.4. The summed E-state index contributed by atoms with van der Waals surface area (Å²) in [7, 11) is 1.41. The zero-order valence-corrected chi connectivity index (χ0v) is 12.5. The van der Waals surface area contributed by atoms with Gasteiger partial charge in [0.1, 0.15) is 0 Å². The number of hydrogen-bond donors (Lipinski definition) is 0. The number of rotatable bonds is 1. The Labute approximate surface area is 124 Å². The Morgan fingerprint density at radius 2 is 1.53 bits per heavy atom. The monoisotopic (exact) mass is 362 g/mol. The lowest BCUT2D eigenvalue weighted by Crippen LogP contribution is -2.03. The molecule has 0 atom stereocenters. The molecule has 0 fully saturated rings. The number of hydrogen-bond acceptors (Lipinski definition) is 2. The number of ether oxygens (including phenoxy) is 1. The van der Waals surface area contributed by atoms with E-state index in [-0.39, 0.29) is 5.97 Å². The summed E-state index contributed by atoms with van der Waals surface area (Å²) < 4.78 is 5.72. The van der Waals surface area contributed by atoms with E-state index >= 15 is 0 Å². The van der Waals surface area contributed by atoms with Gasteiger partial charge in [-0.2, -0.15) is 0 Å². The van der Waals surface area contributed by atoms with Gasteiger partial charge in [0.2, 0.25) is 0 Å². The van der Waals surface area contributed by atoms with Crippen LogP contribution in [0.15, 0.2) is 48.5 Å². The average molecular weight is 362 g/mol. The first-order valence-corrected chi connectivity index (χ1v) is 6.97. The van der Waals surface area contributed by atoms with Crippen LogP contribution < -0.4 is 0 Å². The maximum atomic E-state index is 11.7. The van der Waals surface area contributed by atoms with Crippen LogP contribution in [0.3, 0.4) is 0 Å². The molecule has 2 nitrogen and oxygen atoms in total. The highest BCUT2D eigenvalue weighted by Crippen LogP contribution is 2.27. The number of halogens is 1. The molecule has 0 aromatic heterocycles. The van der Waals surface area contributed by atoms with Crippen molar-refractivity contribution in [2.45, 2.75) is 0 Å². The number of methoxy groups -OCH3 is 1. The average Bonchev–Trinajstić information content (AvgIpc) is 2.43. The van der Waals surface area contributed by atoms with E-state index in [4.69, 9.17) is 4.74 Å². The van der Waals surface area contributed by atoms with Crippen LogP contribution >= 0.6 is 22.6 Å². The molecule has 19 heavy (non-hydrogen) atoms. The molecule has 0 amide bonds. The Morgan fingerprint density at radius 1 is 0.947 bits per heavy atom. The number of esters is 1. The number of benzene rings is 3. The van der Waals surface area contributed by atoms with Crippen LogP contribution in [0, 0.1) is 3.57 Å². The van der Waals surface area contributed by atoms with Crippen molar-refractivity contribution in [2.75, 3.05) is 7.11 Å². The smallest absolute Gasteiger partial charge is 0.338 e. The highest BCUT2D eigenvalue weighted by molar-refractivity contribution is 14.1. The Bertz CT molecular complexity index is 793. The predicted octanol–water partition coefficient (Wildman–Crippen LogP) is 4.38. The molecular weight excluding hydrogens is 351 g/mol. The second-order valence-corrected chi connectivity index (χ2v) is 5.53. The fourth-order valence-corrected chi connectivity index (χ4v) is 2.94. The summed E-state index contributed by atoms with van der Waals surface area (Å²) in [5.74, 6) is -0.292. The largest absolute Gasteiger partial charge is 0.465 e. The molecule has 0 radical (unpaired) electrons. The summed E-state index contributed by atoms with van der Waals surface area (Å²) in [6.45, 7) is 0. The van der Waals surface area contributed by atoms with Gasteiger partial charge in [-0.15, -0.1) is 0 Å². The molecule has 0 spiro atoms. The molecule has 0 saturated carbocycles. The molecular formula is C16H11IO2. The molecule has 94 valence electrons. The fourth-order valence-electron chi connectivity index (χ4n) is 2.23. The van der Waals surface area contributed by atoms with Crippen molar-refractivity contribution in [1.82, 2.24) is 0 Å². The van der Waals surface area contributed by atoms with Crippen LogP contribution in [-0.2, 0) is 4.74 Å². The van der Waals surface area contributed by atoms with E-state index in [2.05, 4.69) is 46.9 Å². The minimum Gasteiger partial charge on any atom is -0.465 e. The summed E-state index contributed by atoms with van der Waals surface area (Å²) in [4.78, 5) is 11.7. The summed E-state index contributed by atoms with van der Waals surface area (Å²) in [5.41, 5.74) is 0.617. The fraction of sp³-hybridized carbons (Fsp3) is 0.0625. The van der Waals surface area contributed by atoms with Gasteiger partial charge in [-0.1, -0.05) is 24.3 Å². The second kappa shape index (κ2) is 4.81. The summed E-state index contributed by atoms with van der Waals surface area (Å²) in [5, 5.41) is 4.57. The first-order valence-electron chi connectivity index (χ1n) is 5.89. The van der Waals surface area contributed by atoms with Crippen LogP contribution in [0.5, 0.6) is 0 Å². The lowest BCUT2D eigenvalue weighted by atomic mass is 10.0. The van der Waals surface area contributed by atoms with Crippen molar-refractivity contribution in [3.63, 3.8) is 0 Å². The van der Waals surface area contributed by atoms with E-state index in [1.54, 1.807) is 0 Å². The normalized spacial score (nSPS) is 10.8. The SMILES string of the molecule is COC(=O)c1cc2cc3ccccc3cc2cc1I. The molecule has 0 unspecified atom stereocenters. The van der Waals surface area contributed by atoms with Crippen molar-refractivity contribution < 1.29 is 9.53 Å². The van der Waals surface area contributed by atoms with Crippen molar-refractivity contribution in [2.24, 2.45) is 0 Å². The molecule has 0 heterocycles. The van der Waals surface area contributed by atoms with Crippen LogP contribution in [0.2, 0.25) is 0 Å². The van der Waals surface area contributed by atoms with Crippen molar-refractivity contribution in [3.8, 4) is 0 Å². The van der Waals surface area contributed by atoms with Crippen LogP contribution in [0.25, 0.3) is 21.5 Å². The number of carbonyl (C=O) groups is 1. The summed E-state index contributed by atoms with van der Waals surface area (Å²) in [6.07, 6.45) is 0. The lowest BCUT2D eigenvalue weighted by Gasteiger charge is -2.07. The highest BCUT2D eigenvalue weighted by Gasteiger charge is 2.11. The third-order valence-corrected chi connectivity index (χ3v) is 4.09. The van der Waals surface area contributed by atoms with Gasteiger partial charge in [0.25, 0.3) is 0 Å². The lowest BCUT2D eigenvalue weighted by molar-refractivity contribution is 0.0599. The maximum absolute atomic E-state index is 11.7.